The molecule has 0 unspecified atom stereocenters. The van der Waals surface area contributed by atoms with Gasteiger partial charge in [0.05, 0.1) is 5.52 Å². The maximum absolute atomic E-state index is 13.3. The van der Waals surface area contributed by atoms with Gasteiger partial charge in [0, 0.05) is 43.8 Å². The van der Waals surface area contributed by atoms with E-state index in [1.54, 1.807) is 0 Å². The van der Waals surface area contributed by atoms with Gasteiger partial charge in [-0.25, -0.2) is 4.79 Å². The number of fused-ring (bicyclic) bond motifs is 1. The third kappa shape index (κ3) is 4.64. The molecular formula is C28H29N3O2. The molecule has 1 saturated heterocycles. The zero-order valence-electron chi connectivity index (χ0n) is 19.0. The molecule has 0 radical (unpaired) electrons. The van der Waals surface area contributed by atoms with Crippen LogP contribution in [0.15, 0.2) is 84.9 Å². The van der Waals surface area contributed by atoms with Gasteiger partial charge < -0.3 is 19.1 Å². The number of carbonyl (C=O) groups is 1. The van der Waals surface area contributed by atoms with E-state index < -0.39 is 0 Å². The third-order valence-electron chi connectivity index (χ3n) is 6.37. The number of aromatic nitrogens is 1. The molecule has 168 valence electrons. The maximum Gasteiger partial charge on any atom is 0.355 e. The summed E-state index contributed by atoms with van der Waals surface area (Å²) in [6.45, 7) is 4.91. The van der Waals surface area contributed by atoms with E-state index in [0.29, 0.717) is 12.2 Å². The minimum atomic E-state index is -0.296. The Morgan fingerprint density at radius 1 is 0.818 bits per heavy atom. The number of hydrogen-bond donors (Lipinski definition) is 0. The number of hydrogen-bond acceptors (Lipinski definition) is 4. The predicted octanol–water partition coefficient (Wildman–Crippen LogP) is 4.80. The lowest BCUT2D eigenvalue weighted by Gasteiger charge is -2.34. The summed E-state index contributed by atoms with van der Waals surface area (Å²) in [7, 11) is 2.16. The van der Waals surface area contributed by atoms with Crippen LogP contribution in [0.25, 0.3) is 10.9 Å². The highest BCUT2D eigenvalue weighted by Gasteiger charge is 2.22. The van der Waals surface area contributed by atoms with Gasteiger partial charge in [0.15, 0.2) is 0 Å². The second-order valence-corrected chi connectivity index (χ2v) is 8.66. The van der Waals surface area contributed by atoms with Gasteiger partial charge in [-0.3, -0.25) is 0 Å². The van der Waals surface area contributed by atoms with E-state index in [-0.39, 0.29) is 12.6 Å². The monoisotopic (exact) mass is 439 g/mol. The summed E-state index contributed by atoms with van der Waals surface area (Å²) in [5, 5.41) is 1.10. The van der Waals surface area contributed by atoms with Crippen LogP contribution >= 0.6 is 0 Å². The molecule has 0 atom stereocenters. The van der Waals surface area contributed by atoms with Gasteiger partial charge in [-0.15, -0.1) is 0 Å². The van der Waals surface area contributed by atoms with Crippen molar-refractivity contribution in [3.63, 3.8) is 0 Å². The Morgan fingerprint density at radius 3 is 2.18 bits per heavy atom. The molecular weight excluding hydrogens is 410 g/mol. The van der Waals surface area contributed by atoms with E-state index in [2.05, 4.69) is 51.7 Å². The predicted molar refractivity (Wildman–Crippen MR) is 133 cm³/mol. The number of anilines is 1. The van der Waals surface area contributed by atoms with Crippen LogP contribution in [0, 0.1) is 0 Å². The molecule has 3 aromatic carbocycles. The van der Waals surface area contributed by atoms with Gasteiger partial charge in [-0.05, 0) is 36.4 Å². The zero-order chi connectivity index (χ0) is 22.6. The highest BCUT2D eigenvalue weighted by Crippen LogP contribution is 2.31. The molecule has 0 N–H and O–H groups in total. The topological polar surface area (TPSA) is 37.7 Å². The highest BCUT2D eigenvalue weighted by atomic mass is 16.5. The molecule has 0 amide bonds. The lowest BCUT2D eigenvalue weighted by molar-refractivity contribution is 0.0461. The Hall–Kier alpha value is -3.57. The lowest BCUT2D eigenvalue weighted by atomic mass is 10.1. The van der Waals surface area contributed by atoms with Gasteiger partial charge >= 0.3 is 5.97 Å². The first-order valence-corrected chi connectivity index (χ1v) is 11.5. The average molecular weight is 440 g/mol. The van der Waals surface area contributed by atoms with E-state index in [0.717, 1.165) is 48.2 Å². The second-order valence-electron chi connectivity index (χ2n) is 8.66. The van der Waals surface area contributed by atoms with Crippen LogP contribution in [0.1, 0.15) is 21.6 Å². The number of ether oxygens (including phenoxy) is 1. The van der Waals surface area contributed by atoms with Gasteiger partial charge in [0.1, 0.15) is 12.3 Å². The molecule has 0 bridgehead atoms. The Labute approximate surface area is 194 Å². The summed E-state index contributed by atoms with van der Waals surface area (Å²) in [6, 6.07) is 28.5. The van der Waals surface area contributed by atoms with Crippen molar-refractivity contribution in [1.29, 1.82) is 0 Å². The number of carbonyl (C=O) groups excluding carboxylic acids is 1. The SMILES string of the molecule is CN1CCN(c2cccc3c2cc(C(=O)OCc2ccccc2)n3Cc2ccccc2)CC1. The number of benzene rings is 3. The first kappa shape index (κ1) is 21.3. The maximum atomic E-state index is 13.3. The second kappa shape index (κ2) is 9.51. The van der Waals surface area contributed by atoms with E-state index in [1.165, 1.54) is 5.69 Å². The molecule has 2 heterocycles. The van der Waals surface area contributed by atoms with Crippen molar-refractivity contribution in [2.45, 2.75) is 13.2 Å². The van der Waals surface area contributed by atoms with Gasteiger partial charge in [-0.2, -0.15) is 0 Å². The first-order chi connectivity index (χ1) is 16.2. The average Bonchev–Trinajstić information content (AvgIpc) is 3.23. The minimum Gasteiger partial charge on any atom is -0.456 e. The van der Waals surface area contributed by atoms with Crippen LogP contribution in [-0.2, 0) is 17.9 Å². The molecule has 1 aromatic heterocycles. The smallest absolute Gasteiger partial charge is 0.355 e. The molecule has 33 heavy (non-hydrogen) atoms. The largest absolute Gasteiger partial charge is 0.456 e. The summed E-state index contributed by atoms with van der Waals surface area (Å²) in [5.74, 6) is -0.296. The molecule has 1 aliphatic heterocycles. The molecule has 0 aliphatic carbocycles. The van der Waals surface area contributed by atoms with Crippen molar-refractivity contribution in [2.24, 2.45) is 0 Å². The quantitative estimate of drug-likeness (QED) is 0.405. The molecule has 5 rings (SSSR count). The van der Waals surface area contributed by atoms with Crippen molar-refractivity contribution in [3.8, 4) is 0 Å². The summed E-state index contributed by atoms with van der Waals surface area (Å²) in [6.07, 6.45) is 0. The molecule has 0 saturated carbocycles. The molecule has 1 aliphatic rings. The number of piperazine rings is 1. The van der Waals surface area contributed by atoms with Crippen LogP contribution < -0.4 is 4.90 Å². The molecule has 5 heteroatoms. The van der Waals surface area contributed by atoms with Crippen molar-refractivity contribution >= 4 is 22.6 Å². The number of esters is 1. The molecule has 4 aromatic rings. The van der Waals surface area contributed by atoms with Crippen LogP contribution in [0.5, 0.6) is 0 Å². The Balaban J connectivity index is 1.52. The van der Waals surface area contributed by atoms with Gasteiger partial charge in [0.25, 0.3) is 0 Å². The Morgan fingerprint density at radius 2 is 1.48 bits per heavy atom. The number of likely N-dealkylation sites (N-methyl/N-ethyl adjacent to an activating group) is 1. The highest BCUT2D eigenvalue weighted by molar-refractivity contribution is 6.01. The van der Waals surface area contributed by atoms with Crippen LogP contribution in [0.2, 0.25) is 0 Å². The number of rotatable bonds is 6. The fourth-order valence-electron chi connectivity index (χ4n) is 4.49. The molecule has 5 nitrogen and oxygen atoms in total. The number of nitrogens with zero attached hydrogens (tertiary/aromatic N) is 3. The van der Waals surface area contributed by atoms with Crippen LogP contribution in [0.4, 0.5) is 5.69 Å². The molecule has 0 spiro atoms. The fourth-order valence-corrected chi connectivity index (χ4v) is 4.49. The van der Waals surface area contributed by atoms with Crippen molar-refractivity contribution in [1.82, 2.24) is 9.47 Å². The summed E-state index contributed by atoms with van der Waals surface area (Å²) < 4.78 is 7.84. The van der Waals surface area contributed by atoms with E-state index >= 15 is 0 Å². The van der Waals surface area contributed by atoms with E-state index in [4.69, 9.17) is 4.74 Å². The van der Waals surface area contributed by atoms with Crippen LogP contribution in [-0.4, -0.2) is 48.7 Å². The van der Waals surface area contributed by atoms with Crippen LogP contribution in [0.3, 0.4) is 0 Å². The Kier molecular flexibility index (Phi) is 6.13. The summed E-state index contributed by atoms with van der Waals surface area (Å²) in [5.41, 5.74) is 4.96. The third-order valence-corrected chi connectivity index (χ3v) is 6.37. The first-order valence-electron chi connectivity index (χ1n) is 11.5. The summed E-state index contributed by atoms with van der Waals surface area (Å²) >= 11 is 0. The Bertz CT molecular complexity index is 1230. The van der Waals surface area contributed by atoms with Gasteiger partial charge in [0.2, 0.25) is 0 Å². The summed E-state index contributed by atoms with van der Waals surface area (Å²) in [4.78, 5) is 18.0. The standard InChI is InChI=1S/C28H29N3O2/c1-29-15-17-30(18-16-29)25-13-8-14-26-24(25)19-27(31(26)20-22-9-4-2-5-10-22)28(32)33-21-23-11-6-3-7-12-23/h2-14,19H,15-18,20-21H2,1H3. The van der Waals surface area contributed by atoms with E-state index in [9.17, 15) is 4.79 Å². The minimum absolute atomic E-state index is 0.262. The van der Waals surface area contributed by atoms with Crippen molar-refractivity contribution < 1.29 is 9.53 Å². The van der Waals surface area contributed by atoms with Gasteiger partial charge in [-0.1, -0.05) is 66.7 Å². The zero-order valence-corrected chi connectivity index (χ0v) is 19.0. The fraction of sp³-hybridized carbons (Fsp3) is 0.250. The molecule has 1 fully saturated rings. The van der Waals surface area contributed by atoms with E-state index in [1.807, 2.05) is 54.6 Å². The van der Waals surface area contributed by atoms with Crippen molar-refractivity contribution in [2.75, 3.05) is 38.1 Å². The normalized spacial score (nSPS) is 14.5. The lowest BCUT2D eigenvalue weighted by Crippen LogP contribution is -2.44. The van der Waals surface area contributed by atoms with Crippen molar-refractivity contribution in [3.05, 3.63) is 102 Å².